The third kappa shape index (κ3) is 3.44. The van der Waals surface area contributed by atoms with Crippen molar-refractivity contribution in [2.24, 2.45) is 0 Å². The molecule has 0 amide bonds. The van der Waals surface area contributed by atoms with Crippen LogP contribution in [0.15, 0.2) is 72.1 Å². The van der Waals surface area contributed by atoms with Crippen molar-refractivity contribution in [1.29, 1.82) is 0 Å². The second-order valence-electron chi connectivity index (χ2n) is 5.64. The van der Waals surface area contributed by atoms with Gasteiger partial charge >= 0.3 is 0 Å². The normalized spacial score (nSPS) is 10.7. The SMILES string of the molecule is Nc1nc(-c2ccccc2)cn2ccnc12.Nc1nc(Br)cn2ccnc12. The van der Waals surface area contributed by atoms with Crippen LogP contribution < -0.4 is 11.5 Å². The molecule has 5 aromatic rings. The summed E-state index contributed by atoms with van der Waals surface area (Å²) in [6, 6.07) is 9.94. The molecule has 0 aliphatic rings. The van der Waals surface area contributed by atoms with E-state index < -0.39 is 0 Å². The molecule has 27 heavy (non-hydrogen) atoms. The Balaban J connectivity index is 0.000000143. The number of fused-ring (bicyclic) bond motifs is 2. The molecule has 134 valence electrons. The Morgan fingerprint density at radius 2 is 1.37 bits per heavy atom. The standard InChI is InChI=1S/C12H10N4.C6H5BrN4/c13-11-12-14-6-7-16(12)8-10(15-11)9-4-2-1-3-5-9;7-4-3-11-2-1-9-6(11)5(8)10-4/h1-8H,(H2,13,15);1-3H,(H2,8,10). The topological polar surface area (TPSA) is 112 Å². The Labute approximate surface area is 162 Å². The van der Waals surface area contributed by atoms with Gasteiger partial charge in [-0.05, 0) is 15.9 Å². The van der Waals surface area contributed by atoms with Crippen LogP contribution >= 0.6 is 15.9 Å². The van der Waals surface area contributed by atoms with Gasteiger partial charge in [0.15, 0.2) is 22.9 Å². The highest BCUT2D eigenvalue weighted by molar-refractivity contribution is 9.10. The maximum atomic E-state index is 5.84. The van der Waals surface area contributed by atoms with Crippen LogP contribution in [0.1, 0.15) is 0 Å². The molecule has 0 saturated carbocycles. The number of anilines is 2. The summed E-state index contributed by atoms with van der Waals surface area (Å²) in [5.41, 5.74) is 14.7. The zero-order valence-corrected chi connectivity index (χ0v) is 15.7. The van der Waals surface area contributed by atoms with Gasteiger partial charge in [-0.2, -0.15) is 0 Å². The molecule has 0 saturated heterocycles. The average molecular weight is 423 g/mol. The van der Waals surface area contributed by atoms with E-state index in [2.05, 4.69) is 35.9 Å². The van der Waals surface area contributed by atoms with E-state index in [-0.39, 0.29) is 0 Å². The van der Waals surface area contributed by atoms with Crippen LogP contribution in [0.2, 0.25) is 0 Å². The van der Waals surface area contributed by atoms with Gasteiger partial charge in [-0.3, -0.25) is 0 Å². The summed E-state index contributed by atoms with van der Waals surface area (Å²) in [5, 5.41) is 0. The smallest absolute Gasteiger partial charge is 0.179 e. The number of rotatable bonds is 1. The molecular formula is C18H15BrN8. The molecule has 4 N–H and O–H groups in total. The molecule has 4 aromatic heterocycles. The van der Waals surface area contributed by atoms with Gasteiger partial charge in [0.1, 0.15) is 4.60 Å². The highest BCUT2D eigenvalue weighted by atomic mass is 79.9. The lowest BCUT2D eigenvalue weighted by molar-refractivity contribution is 1.11. The van der Waals surface area contributed by atoms with Crippen molar-refractivity contribution >= 4 is 38.9 Å². The molecular weight excluding hydrogens is 408 g/mol. The molecule has 8 nitrogen and oxygen atoms in total. The largest absolute Gasteiger partial charge is 0.381 e. The van der Waals surface area contributed by atoms with E-state index in [1.165, 1.54) is 0 Å². The minimum absolute atomic E-state index is 0.435. The second-order valence-corrected chi connectivity index (χ2v) is 6.45. The maximum absolute atomic E-state index is 5.84. The van der Waals surface area contributed by atoms with Crippen LogP contribution in [0, 0.1) is 0 Å². The highest BCUT2D eigenvalue weighted by Crippen LogP contribution is 2.19. The predicted octanol–water partition coefficient (Wildman–Crippen LogP) is 3.05. The average Bonchev–Trinajstić information content (AvgIpc) is 3.32. The van der Waals surface area contributed by atoms with E-state index in [0.717, 1.165) is 11.3 Å². The summed E-state index contributed by atoms with van der Waals surface area (Å²) >= 11 is 3.23. The molecule has 0 unspecified atom stereocenters. The van der Waals surface area contributed by atoms with Gasteiger partial charge in [0.25, 0.3) is 0 Å². The van der Waals surface area contributed by atoms with Crippen LogP contribution in [0.25, 0.3) is 22.6 Å². The summed E-state index contributed by atoms with van der Waals surface area (Å²) < 4.78 is 4.40. The van der Waals surface area contributed by atoms with Gasteiger partial charge < -0.3 is 20.3 Å². The fourth-order valence-corrected chi connectivity index (χ4v) is 3.04. The van der Waals surface area contributed by atoms with Gasteiger partial charge in [-0.25, -0.2) is 19.9 Å². The Hall–Kier alpha value is -3.46. The molecule has 0 spiro atoms. The molecule has 1 aromatic carbocycles. The fraction of sp³-hybridized carbons (Fsp3) is 0. The second kappa shape index (κ2) is 7.04. The first-order chi connectivity index (χ1) is 13.1. The lowest BCUT2D eigenvalue weighted by atomic mass is 10.2. The molecule has 9 heteroatoms. The number of nitrogen functional groups attached to an aromatic ring is 2. The quantitative estimate of drug-likeness (QED) is 0.429. The zero-order valence-electron chi connectivity index (χ0n) is 14.1. The number of hydrogen-bond donors (Lipinski definition) is 2. The van der Waals surface area contributed by atoms with E-state index in [1.54, 1.807) is 18.6 Å². The Bertz CT molecular complexity index is 1210. The van der Waals surface area contributed by atoms with Crippen LogP contribution in [-0.2, 0) is 0 Å². The van der Waals surface area contributed by atoms with E-state index in [0.29, 0.717) is 27.5 Å². The van der Waals surface area contributed by atoms with Gasteiger partial charge in [0.2, 0.25) is 0 Å². The lowest BCUT2D eigenvalue weighted by Gasteiger charge is -2.03. The first-order valence-electron chi connectivity index (χ1n) is 8.01. The number of imidazole rings is 2. The van der Waals surface area contributed by atoms with Gasteiger partial charge in [-0.1, -0.05) is 30.3 Å². The van der Waals surface area contributed by atoms with Crippen molar-refractivity contribution in [3.05, 3.63) is 72.1 Å². The summed E-state index contributed by atoms with van der Waals surface area (Å²) in [6.45, 7) is 0. The van der Waals surface area contributed by atoms with Crippen molar-refractivity contribution in [2.45, 2.75) is 0 Å². The van der Waals surface area contributed by atoms with Crippen LogP contribution in [0.3, 0.4) is 0 Å². The van der Waals surface area contributed by atoms with Crippen molar-refractivity contribution in [1.82, 2.24) is 28.7 Å². The number of nitrogens with two attached hydrogens (primary N) is 2. The number of aromatic nitrogens is 6. The molecule has 0 aliphatic carbocycles. The Kier molecular flexibility index (Phi) is 4.43. The third-order valence-electron chi connectivity index (χ3n) is 3.84. The van der Waals surface area contributed by atoms with E-state index in [4.69, 9.17) is 11.5 Å². The van der Waals surface area contributed by atoms with E-state index >= 15 is 0 Å². The van der Waals surface area contributed by atoms with Crippen LogP contribution in [0.5, 0.6) is 0 Å². The summed E-state index contributed by atoms with van der Waals surface area (Å²) in [7, 11) is 0. The number of hydrogen-bond acceptors (Lipinski definition) is 6. The highest BCUT2D eigenvalue weighted by Gasteiger charge is 2.05. The summed E-state index contributed by atoms with van der Waals surface area (Å²) in [6.07, 6.45) is 10.8. The maximum Gasteiger partial charge on any atom is 0.179 e. The Morgan fingerprint density at radius 3 is 2.04 bits per heavy atom. The van der Waals surface area contributed by atoms with Crippen molar-refractivity contribution in [2.75, 3.05) is 11.5 Å². The van der Waals surface area contributed by atoms with Crippen LogP contribution in [-0.4, -0.2) is 28.7 Å². The van der Waals surface area contributed by atoms with Crippen molar-refractivity contribution < 1.29 is 0 Å². The van der Waals surface area contributed by atoms with E-state index in [9.17, 15) is 0 Å². The molecule has 0 aliphatic heterocycles. The molecule has 0 radical (unpaired) electrons. The number of benzene rings is 1. The first kappa shape index (κ1) is 17.0. The summed E-state index contributed by atoms with van der Waals surface area (Å²) in [4.78, 5) is 16.5. The Morgan fingerprint density at radius 1 is 0.778 bits per heavy atom. The molecule has 4 heterocycles. The fourth-order valence-electron chi connectivity index (χ4n) is 2.63. The monoisotopic (exact) mass is 422 g/mol. The third-order valence-corrected chi connectivity index (χ3v) is 4.22. The summed E-state index contributed by atoms with van der Waals surface area (Å²) in [5.74, 6) is 0.885. The first-order valence-corrected chi connectivity index (χ1v) is 8.80. The van der Waals surface area contributed by atoms with E-state index in [1.807, 2.05) is 57.7 Å². The van der Waals surface area contributed by atoms with Crippen LogP contribution in [0.4, 0.5) is 11.6 Å². The van der Waals surface area contributed by atoms with Gasteiger partial charge in [-0.15, -0.1) is 0 Å². The minimum Gasteiger partial charge on any atom is -0.381 e. The minimum atomic E-state index is 0.435. The van der Waals surface area contributed by atoms with Crippen molar-refractivity contribution in [3.8, 4) is 11.3 Å². The van der Waals surface area contributed by atoms with Gasteiger partial charge in [0.05, 0.1) is 5.69 Å². The lowest BCUT2D eigenvalue weighted by Crippen LogP contribution is -1.98. The molecule has 0 fully saturated rings. The predicted molar refractivity (Wildman–Crippen MR) is 108 cm³/mol. The number of halogens is 1. The van der Waals surface area contributed by atoms with Gasteiger partial charge in [0, 0.05) is 42.7 Å². The molecule has 0 atom stereocenters. The number of nitrogens with zero attached hydrogens (tertiary/aromatic N) is 6. The van der Waals surface area contributed by atoms with Crippen molar-refractivity contribution in [3.63, 3.8) is 0 Å². The molecule has 5 rings (SSSR count). The molecule has 0 bridgehead atoms. The zero-order chi connectivity index (χ0) is 18.8.